The summed E-state index contributed by atoms with van der Waals surface area (Å²) < 4.78 is 27.9. The van der Waals surface area contributed by atoms with Gasteiger partial charge in [0.25, 0.3) is 11.6 Å². The lowest BCUT2D eigenvalue weighted by atomic mass is 9.98. The molecule has 29 heavy (non-hydrogen) atoms. The minimum Gasteiger partial charge on any atom is -0.477 e. The molecular formula is C14H17N5O7S3. The number of aromatic amines is 1. The molecule has 3 heterocycles. The van der Waals surface area contributed by atoms with E-state index in [-0.39, 0.29) is 17.2 Å². The van der Waals surface area contributed by atoms with Crippen molar-refractivity contribution in [2.45, 2.75) is 16.1 Å². The predicted octanol–water partition coefficient (Wildman–Crippen LogP) is -1.35. The molecule has 0 saturated carbocycles. The minimum atomic E-state index is -3.62. The van der Waals surface area contributed by atoms with Crippen molar-refractivity contribution >= 4 is 51.1 Å². The highest BCUT2D eigenvalue weighted by atomic mass is 32.2. The molecule has 1 aromatic heterocycles. The zero-order valence-corrected chi connectivity index (χ0v) is 17.7. The number of carbonyl (C=O) groups is 3. The summed E-state index contributed by atoms with van der Waals surface area (Å²) in [6.07, 6.45) is 2.45. The molecule has 0 spiro atoms. The van der Waals surface area contributed by atoms with Crippen molar-refractivity contribution in [3.8, 4) is 0 Å². The minimum absolute atomic E-state index is 0.181. The van der Waals surface area contributed by atoms with Crippen molar-refractivity contribution in [3.05, 3.63) is 17.5 Å². The normalized spacial score (nSPS) is 24.1. The molecule has 2 atom stereocenters. The molecule has 15 heteroatoms. The van der Waals surface area contributed by atoms with Gasteiger partial charge in [0.15, 0.2) is 9.84 Å². The molecule has 0 unspecified atom stereocenters. The number of carboxylic acid groups (broad SMARTS) is 1. The highest BCUT2D eigenvalue weighted by molar-refractivity contribution is 8.01. The third-order valence-electron chi connectivity index (χ3n) is 4.14. The maximum Gasteiger partial charge on any atom is 0.352 e. The van der Waals surface area contributed by atoms with Crippen LogP contribution in [0, 0.1) is 0 Å². The Labute approximate surface area is 173 Å². The highest BCUT2D eigenvalue weighted by Gasteiger charge is 2.66. The standard InChI is InChI=1S/C14H17N5O7S3/c1-26-14(16-8(20)6-29(2,24)25)12(23)19-10(11(21)22)7(5-28-13(14)19)4-27-9-3-15-18-17-9/h3,13H,4-6H2,1-2H3,(H,16,20)(H,21,22)(H,15,17,18)/t13-,14+/m1/s1. The highest BCUT2D eigenvalue weighted by Crippen LogP contribution is 2.47. The fourth-order valence-electron chi connectivity index (χ4n) is 2.96. The average molecular weight is 464 g/mol. The number of methoxy groups -OCH3 is 1. The molecule has 0 aromatic carbocycles. The Morgan fingerprint density at radius 1 is 1.55 bits per heavy atom. The fourth-order valence-corrected chi connectivity index (χ4v) is 5.87. The summed E-state index contributed by atoms with van der Waals surface area (Å²) in [5.74, 6) is -3.24. The number of carboxylic acids is 1. The van der Waals surface area contributed by atoms with E-state index in [1.165, 1.54) is 30.6 Å². The number of fused-ring (bicyclic) bond motifs is 1. The summed E-state index contributed by atoms with van der Waals surface area (Å²) in [5.41, 5.74) is -1.50. The quantitative estimate of drug-likeness (QED) is 0.236. The number of nitrogens with zero attached hydrogens (tertiary/aromatic N) is 3. The van der Waals surface area contributed by atoms with E-state index in [4.69, 9.17) is 4.74 Å². The molecule has 3 rings (SSSR count). The molecule has 3 N–H and O–H groups in total. The number of aliphatic carboxylic acids is 1. The van der Waals surface area contributed by atoms with Gasteiger partial charge in [0, 0.05) is 24.9 Å². The topological polar surface area (TPSA) is 172 Å². The molecule has 1 saturated heterocycles. The van der Waals surface area contributed by atoms with Crippen molar-refractivity contribution in [2.24, 2.45) is 0 Å². The summed E-state index contributed by atoms with van der Waals surface area (Å²) in [5, 5.41) is 21.7. The first kappa shape index (κ1) is 21.6. The van der Waals surface area contributed by atoms with Gasteiger partial charge < -0.3 is 15.2 Å². The Hall–Kier alpha value is -2.10. The van der Waals surface area contributed by atoms with Gasteiger partial charge in [-0.3, -0.25) is 19.6 Å². The van der Waals surface area contributed by atoms with Crippen molar-refractivity contribution in [1.82, 2.24) is 25.6 Å². The van der Waals surface area contributed by atoms with Crippen LogP contribution < -0.4 is 5.32 Å². The number of hydrogen-bond donors (Lipinski definition) is 3. The Morgan fingerprint density at radius 2 is 2.28 bits per heavy atom. The second-order valence-electron chi connectivity index (χ2n) is 6.25. The van der Waals surface area contributed by atoms with Crippen LogP contribution >= 0.6 is 23.5 Å². The number of hydrogen-bond acceptors (Lipinski definition) is 10. The number of β-lactam (4-membered cyclic amide) rings is 1. The van der Waals surface area contributed by atoms with E-state index in [1.54, 1.807) is 6.20 Å². The van der Waals surface area contributed by atoms with Crippen LogP contribution in [-0.4, -0.2) is 93.3 Å². The number of amides is 2. The first-order valence-electron chi connectivity index (χ1n) is 8.03. The van der Waals surface area contributed by atoms with E-state index >= 15 is 0 Å². The first-order valence-corrected chi connectivity index (χ1v) is 12.1. The van der Waals surface area contributed by atoms with Gasteiger partial charge in [0.1, 0.15) is 21.8 Å². The van der Waals surface area contributed by atoms with Crippen LogP contribution in [0.1, 0.15) is 0 Å². The van der Waals surface area contributed by atoms with E-state index in [1.807, 2.05) is 0 Å². The smallest absolute Gasteiger partial charge is 0.352 e. The fraction of sp³-hybridized carbons (Fsp3) is 0.500. The third kappa shape index (κ3) is 4.12. The summed E-state index contributed by atoms with van der Waals surface area (Å²) in [4.78, 5) is 37.8. The van der Waals surface area contributed by atoms with Crippen molar-refractivity contribution in [3.63, 3.8) is 0 Å². The molecule has 1 fully saturated rings. The number of H-pyrrole nitrogens is 1. The first-order chi connectivity index (χ1) is 13.6. The van der Waals surface area contributed by atoms with Crippen LogP contribution in [0.3, 0.4) is 0 Å². The lowest BCUT2D eigenvalue weighted by molar-refractivity contribution is -0.192. The number of rotatable bonds is 8. The van der Waals surface area contributed by atoms with E-state index in [2.05, 4.69) is 20.7 Å². The molecular weight excluding hydrogens is 446 g/mol. The lowest BCUT2D eigenvalue weighted by Crippen LogP contribution is -2.81. The molecule has 2 aliphatic rings. The molecule has 12 nitrogen and oxygen atoms in total. The lowest BCUT2D eigenvalue weighted by Gasteiger charge is -2.55. The van der Waals surface area contributed by atoms with Crippen LogP contribution in [0.5, 0.6) is 0 Å². The van der Waals surface area contributed by atoms with Crippen molar-refractivity contribution < 1.29 is 32.6 Å². The molecule has 0 bridgehead atoms. The Bertz CT molecular complexity index is 978. The molecule has 2 aliphatic heterocycles. The van der Waals surface area contributed by atoms with Crippen LogP contribution in [0.4, 0.5) is 0 Å². The van der Waals surface area contributed by atoms with E-state index < -0.39 is 44.5 Å². The largest absolute Gasteiger partial charge is 0.477 e. The second kappa shape index (κ2) is 7.97. The molecule has 1 aromatic rings. The second-order valence-corrected chi connectivity index (χ2v) is 10.5. The average Bonchev–Trinajstić information content (AvgIpc) is 3.15. The predicted molar refractivity (Wildman–Crippen MR) is 102 cm³/mol. The van der Waals surface area contributed by atoms with Crippen molar-refractivity contribution in [1.29, 1.82) is 0 Å². The number of thioether (sulfide) groups is 2. The van der Waals surface area contributed by atoms with E-state index in [0.717, 1.165) is 11.2 Å². The van der Waals surface area contributed by atoms with E-state index in [0.29, 0.717) is 10.6 Å². The SMILES string of the molecule is CO[C@@]1(NC(=O)CS(C)(=O)=O)C(=O)N2C(C(=O)O)=C(CSc3c[nH]nn3)CS[C@@H]21. The summed E-state index contributed by atoms with van der Waals surface area (Å²) >= 11 is 2.47. The van der Waals surface area contributed by atoms with Gasteiger partial charge >= 0.3 is 5.97 Å². The summed E-state index contributed by atoms with van der Waals surface area (Å²) in [6.45, 7) is 0. The molecule has 158 valence electrons. The zero-order valence-electron chi connectivity index (χ0n) is 15.2. The van der Waals surface area contributed by atoms with Gasteiger partial charge in [-0.1, -0.05) is 17.0 Å². The van der Waals surface area contributed by atoms with Crippen LogP contribution in [0.25, 0.3) is 0 Å². The van der Waals surface area contributed by atoms with Crippen LogP contribution in [0.15, 0.2) is 22.5 Å². The van der Waals surface area contributed by atoms with Gasteiger partial charge in [-0.25, -0.2) is 13.2 Å². The van der Waals surface area contributed by atoms with Gasteiger partial charge in [-0.05, 0) is 5.57 Å². The van der Waals surface area contributed by atoms with Crippen molar-refractivity contribution in [2.75, 3.05) is 30.6 Å². The number of aromatic nitrogens is 3. The zero-order chi connectivity index (χ0) is 21.4. The number of carbonyl (C=O) groups excluding carboxylic acids is 2. The monoisotopic (exact) mass is 463 g/mol. The van der Waals surface area contributed by atoms with Gasteiger partial charge in [-0.2, -0.15) is 0 Å². The van der Waals surface area contributed by atoms with Gasteiger partial charge in [0.2, 0.25) is 5.91 Å². The third-order valence-corrected chi connectivity index (χ3v) is 7.29. The number of sulfone groups is 1. The van der Waals surface area contributed by atoms with Crippen LogP contribution in [0.2, 0.25) is 0 Å². The molecule has 0 radical (unpaired) electrons. The maximum absolute atomic E-state index is 12.8. The van der Waals surface area contributed by atoms with Gasteiger partial charge in [-0.15, -0.1) is 16.9 Å². The molecule has 2 amide bonds. The molecule has 0 aliphatic carbocycles. The van der Waals surface area contributed by atoms with Gasteiger partial charge in [0.05, 0.1) is 6.20 Å². The van der Waals surface area contributed by atoms with E-state index in [9.17, 15) is 27.9 Å². The number of nitrogens with one attached hydrogen (secondary N) is 2. The Kier molecular flexibility index (Phi) is 5.93. The maximum atomic E-state index is 12.8. The summed E-state index contributed by atoms with van der Waals surface area (Å²) in [7, 11) is -2.42. The number of ether oxygens (including phenoxy) is 1. The van der Waals surface area contributed by atoms with Crippen LogP contribution in [-0.2, 0) is 29.0 Å². The summed E-state index contributed by atoms with van der Waals surface area (Å²) in [6, 6.07) is 0. The Morgan fingerprint density at radius 3 is 2.83 bits per heavy atom. The Balaban J connectivity index is 1.83.